The average Bonchev–Trinajstić information content (AvgIpc) is 2.29. The third kappa shape index (κ3) is 1.75. The Morgan fingerprint density at radius 1 is 1.12 bits per heavy atom. The van der Waals surface area contributed by atoms with Crippen LogP contribution < -0.4 is 5.73 Å². The first kappa shape index (κ1) is 10.2. The molecule has 0 aliphatic carbocycles. The van der Waals surface area contributed by atoms with Gasteiger partial charge in [-0.1, -0.05) is 12.1 Å². The van der Waals surface area contributed by atoms with E-state index in [2.05, 4.69) is 10.2 Å². The highest BCUT2D eigenvalue weighted by atomic mass is 19.1. The molecule has 0 saturated carbocycles. The van der Waals surface area contributed by atoms with Crippen LogP contribution in [0, 0.1) is 5.82 Å². The van der Waals surface area contributed by atoms with Crippen molar-refractivity contribution >= 4 is 11.5 Å². The Labute approximate surface area is 90.9 Å². The standard InChI is InChI=1S/C11H8FN3O/c12-9-4-2-1-3-7(9)11(16)8-5-14-15-6-10(8)13/h1-6H,(H2,13,14). The maximum Gasteiger partial charge on any atom is 0.199 e. The number of rotatable bonds is 2. The highest BCUT2D eigenvalue weighted by Gasteiger charge is 2.15. The normalized spacial score (nSPS) is 10.1. The minimum Gasteiger partial charge on any atom is -0.397 e. The van der Waals surface area contributed by atoms with Crippen LogP contribution in [0.3, 0.4) is 0 Å². The lowest BCUT2D eigenvalue weighted by Crippen LogP contribution is -2.08. The van der Waals surface area contributed by atoms with Crippen molar-refractivity contribution < 1.29 is 9.18 Å². The quantitative estimate of drug-likeness (QED) is 0.772. The number of halogens is 1. The molecule has 0 radical (unpaired) electrons. The Bertz CT molecular complexity index is 495. The van der Waals surface area contributed by atoms with Gasteiger partial charge in [-0.15, -0.1) is 0 Å². The maximum atomic E-state index is 13.4. The summed E-state index contributed by atoms with van der Waals surface area (Å²) in [7, 11) is 0. The topological polar surface area (TPSA) is 68.9 Å². The summed E-state index contributed by atoms with van der Waals surface area (Å²) in [6.07, 6.45) is 2.48. The number of benzene rings is 1. The highest BCUT2D eigenvalue weighted by molar-refractivity contribution is 6.11. The SMILES string of the molecule is Nc1cnncc1C(=O)c1ccccc1F. The molecular formula is C11H8FN3O. The van der Waals surface area contributed by atoms with E-state index in [9.17, 15) is 9.18 Å². The Balaban J connectivity index is 2.48. The lowest BCUT2D eigenvalue weighted by atomic mass is 10.0. The summed E-state index contributed by atoms with van der Waals surface area (Å²) >= 11 is 0. The fourth-order valence-electron chi connectivity index (χ4n) is 1.31. The average molecular weight is 217 g/mol. The number of nitrogens with zero attached hydrogens (tertiary/aromatic N) is 2. The van der Waals surface area contributed by atoms with E-state index in [0.717, 1.165) is 0 Å². The van der Waals surface area contributed by atoms with Crippen LogP contribution in [-0.2, 0) is 0 Å². The first-order valence-corrected chi connectivity index (χ1v) is 4.55. The number of ketones is 1. The Morgan fingerprint density at radius 2 is 1.81 bits per heavy atom. The second kappa shape index (κ2) is 4.06. The van der Waals surface area contributed by atoms with Crippen molar-refractivity contribution in [2.75, 3.05) is 5.73 Å². The van der Waals surface area contributed by atoms with Crippen LogP contribution in [0.25, 0.3) is 0 Å². The van der Waals surface area contributed by atoms with Gasteiger partial charge in [-0.25, -0.2) is 4.39 Å². The number of hydrogen-bond donors (Lipinski definition) is 1. The zero-order chi connectivity index (χ0) is 11.5. The molecule has 1 heterocycles. The molecule has 0 aliphatic rings. The second-order valence-corrected chi connectivity index (χ2v) is 3.17. The molecule has 2 aromatic rings. The van der Waals surface area contributed by atoms with E-state index in [0.29, 0.717) is 0 Å². The lowest BCUT2D eigenvalue weighted by molar-refractivity contribution is 0.103. The number of carbonyl (C=O) groups is 1. The fourth-order valence-corrected chi connectivity index (χ4v) is 1.31. The van der Waals surface area contributed by atoms with Gasteiger partial charge in [0.05, 0.1) is 29.2 Å². The molecule has 0 aliphatic heterocycles. The third-order valence-corrected chi connectivity index (χ3v) is 2.12. The summed E-state index contributed by atoms with van der Waals surface area (Å²) in [4.78, 5) is 11.9. The zero-order valence-corrected chi connectivity index (χ0v) is 8.22. The second-order valence-electron chi connectivity index (χ2n) is 3.17. The van der Waals surface area contributed by atoms with E-state index >= 15 is 0 Å². The molecule has 16 heavy (non-hydrogen) atoms. The summed E-state index contributed by atoms with van der Waals surface area (Å²) in [6, 6.07) is 5.72. The molecule has 4 nitrogen and oxygen atoms in total. The zero-order valence-electron chi connectivity index (χ0n) is 8.22. The Hall–Kier alpha value is -2.30. The third-order valence-electron chi connectivity index (χ3n) is 2.12. The van der Waals surface area contributed by atoms with E-state index in [-0.39, 0.29) is 16.8 Å². The van der Waals surface area contributed by atoms with E-state index in [1.165, 1.54) is 30.6 Å². The van der Waals surface area contributed by atoms with Crippen molar-refractivity contribution in [1.82, 2.24) is 10.2 Å². The fraction of sp³-hybridized carbons (Fsp3) is 0. The van der Waals surface area contributed by atoms with Crippen LogP contribution in [-0.4, -0.2) is 16.0 Å². The molecule has 0 amide bonds. The van der Waals surface area contributed by atoms with E-state index in [1.54, 1.807) is 6.07 Å². The number of carbonyl (C=O) groups excluding carboxylic acids is 1. The first-order chi connectivity index (χ1) is 7.70. The van der Waals surface area contributed by atoms with Crippen molar-refractivity contribution in [2.45, 2.75) is 0 Å². The monoisotopic (exact) mass is 217 g/mol. The molecule has 80 valence electrons. The van der Waals surface area contributed by atoms with Gasteiger partial charge in [0, 0.05) is 0 Å². The minimum absolute atomic E-state index is 0.0257. The van der Waals surface area contributed by atoms with Crippen molar-refractivity contribution in [3.05, 3.63) is 53.6 Å². The molecule has 0 fully saturated rings. The lowest BCUT2D eigenvalue weighted by Gasteiger charge is -2.03. The molecule has 1 aromatic heterocycles. The van der Waals surface area contributed by atoms with Crippen LogP contribution in [0.5, 0.6) is 0 Å². The molecular weight excluding hydrogens is 209 g/mol. The molecule has 0 saturated heterocycles. The van der Waals surface area contributed by atoms with E-state index in [4.69, 9.17) is 5.73 Å². The molecule has 2 rings (SSSR count). The summed E-state index contributed by atoms with van der Waals surface area (Å²) < 4.78 is 13.4. The summed E-state index contributed by atoms with van der Waals surface area (Å²) in [5, 5.41) is 7.07. The van der Waals surface area contributed by atoms with Gasteiger partial charge in [0.15, 0.2) is 5.78 Å². The molecule has 2 N–H and O–H groups in total. The molecule has 1 aromatic carbocycles. The van der Waals surface area contributed by atoms with Crippen molar-refractivity contribution in [1.29, 1.82) is 0 Å². The van der Waals surface area contributed by atoms with Crippen LogP contribution >= 0.6 is 0 Å². The van der Waals surface area contributed by atoms with Crippen molar-refractivity contribution in [3.63, 3.8) is 0 Å². The van der Waals surface area contributed by atoms with Gasteiger partial charge in [-0.3, -0.25) is 4.79 Å². The number of hydrogen-bond acceptors (Lipinski definition) is 4. The number of aromatic nitrogens is 2. The van der Waals surface area contributed by atoms with Gasteiger partial charge in [-0.05, 0) is 12.1 Å². The van der Waals surface area contributed by atoms with Gasteiger partial charge in [-0.2, -0.15) is 10.2 Å². The number of nitrogens with two attached hydrogens (primary N) is 1. The largest absolute Gasteiger partial charge is 0.397 e. The van der Waals surface area contributed by atoms with Crippen LogP contribution in [0.4, 0.5) is 10.1 Å². The van der Waals surface area contributed by atoms with Crippen molar-refractivity contribution in [3.8, 4) is 0 Å². The van der Waals surface area contributed by atoms with Gasteiger partial charge < -0.3 is 5.73 Å². The summed E-state index contributed by atoms with van der Waals surface area (Å²) in [5.74, 6) is -1.07. The summed E-state index contributed by atoms with van der Waals surface area (Å²) in [5.41, 5.74) is 5.87. The Morgan fingerprint density at radius 3 is 2.50 bits per heavy atom. The molecule has 0 unspecified atom stereocenters. The Kier molecular flexibility index (Phi) is 2.59. The van der Waals surface area contributed by atoms with E-state index in [1.807, 2.05) is 0 Å². The van der Waals surface area contributed by atoms with Crippen molar-refractivity contribution in [2.24, 2.45) is 0 Å². The van der Waals surface area contributed by atoms with Gasteiger partial charge in [0.2, 0.25) is 0 Å². The number of nitrogen functional groups attached to an aromatic ring is 1. The predicted octanol–water partition coefficient (Wildman–Crippen LogP) is 1.43. The van der Waals surface area contributed by atoms with Crippen LogP contribution in [0.1, 0.15) is 15.9 Å². The number of anilines is 1. The van der Waals surface area contributed by atoms with Crippen LogP contribution in [0.15, 0.2) is 36.7 Å². The smallest absolute Gasteiger partial charge is 0.199 e. The maximum absolute atomic E-state index is 13.4. The van der Waals surface area contributed by atoms with E-state index < -0.39 is 11.6 Å². The van der Waals surface area contributed by atoms with Gasteiger partial charge in [0.1, 0.15) is 5.82 Å². The minimum atomic E-state index is -0.580. The van der Waals surface area contributed by atoms with Gasteiger partial charge in [0.25, 0.3) is 0 Å². The first-order valence-electron chi connectivity index (χ1n) is 4.55. The van der Waals surface area contributed by atoms with Gasteiger partial charge >= 0.3 is 0 Å². The molecule has 0 atom stereocenters. The molecule has 0 bridgehead atoms. The highest BCUT2D eigenvalue weighted by Crippen LogP contribution is 2.16. The summed E-state index contributed by atoms with van der Waals surface area (Å²) in [6.45, 7) is 0. The molecule has 5 heteroatoms. The molecule has 0 spiro atoms. The predicted molar refractivity (Wildman–Crippen MR) is 56.3 cm³/mol. The van der Waals surface area contributed by atoms with Crippen LogP contribution in [0.2, 0.25) is 0 Å².